The molecule has 0 aromatic carbocycles. The van der Waals surface area contributed by atoms with Crippen LogP contribution in [-0.4, -0.2) is 16.4 Å². The van der Waals surface area contributed by atoms with Crippen molar-refractivity contribution in [2.75, 3.05) is 0 Å². The highest BCUT2D eigenvalue weighted by Crippen LogP contribution is 2.31. The van der Waals surface area contributed by atoms with Crippen LogP contribution in [0.25, 0.3) is 0 Å². The molecule has 0 unspecified atom stereocenters. The Labute approximate surface area is 121 Å². The normalized spacial score (nSPS) is 26.5. The summed E-state index contributed by atoms with van der Waals surface area (Å²) in [6.45, 7) is 2.18. The van der Waals surface area contributed by atoms with Gasteiger partial charge in [-0.3, -0.25) is 9.78 Å². The number of nitrogens with zero attached hydrogens (tertiary/aromatic N) is 2. The van der Waals surface area contributed by atoms with Crippen molar-refractivity contribution in [2.24, 2.45) is 5.92 Å². The maximum atomic E-state index is 12.2. The molecule has 0 saturated heterocycles. The maximum absolute atomic E-state index is 12.2. The number of pyridine rings is 1. The lowest BCUT2D eigenvalue weighted by Crippen LogP contribution is -2.49. The van der Waals surface area contributed by atoms with Crippen molar-refractivity contribution in [3.05, 3.63) is 28.5 Å². The van der Waals surface area contributed by atoms with E-state index >= 15 is 0 Å². The standard InChI is InChI=1S/C14H16BrN3O/c1-10-2-4-14(9-16,5-3-10)18-13(19)11-6-12(15)8-17-7-11/h6-8,10H,2-5H2,1H3,(H,18,19). The average molecular weight is 322 g/mol. The van der Waals surface area contributed by atoms with E-state index in [0.29, 0.717) is 11.5 Å². The number of carbonyl (C=O) groups excluding carboxylic acids is 1. The van der Waals surface area contributed by atoms with Gasteiger partial charge in [-0.2, -0.15) is 5.26 Å². The van der Waals surface area contributed by atoms with Gasteiger partial charge in [0, 0.05) is 16.9 Å². The third kappa shape index (κ3) is 3.32. The Morgan fingerprint density at radius 2 is 2.21 bits per heavy atom. The molecule has 1 N–H and O–H groups in total. The smallest absolute Gasteiger partial charge is 0.254 e. The van der Waals surface area contributed by atoms with Gasteiger partial charge in [-0.1, -0.05) is 6.92 Å². The zero-order valence-corrected chi connectivity index (χ0v) is 12.4. The molecule has 4 nitrogen and oxygen atoms in total. The Kier molecular flexibility index (Phi) is 4.20. The van der Waals surface area contributed by atoms with Crippen molar-refractivity contribution in [2.45, 2.75) is 38.1 Å². The minimum absolute atomic E-state index is 0.232. The SMILES string of the molecule is CC1CCC(C#N)(NC(=O)c2cncc(Br)c2)CC1. The summed E-state index contributed by atoms with van der Waals surface area (Å²) < 4.78 is 0.753. The van der Waals surface area contributed by atoms with Crippen LogP contribution >= 0.6 is 15.9 Å². The van der Waals surface area contributed by atoms with Gasteiger partial charge in [0.25, 0.3) is 5.91 Å². The molecule has 1 aliphatic rings. The number of rotatable bonds is 2. The van der Waals surface area contributed by atoms with E-state index in [9.17, 15) is 10.1 Å². The summed E-state index contributed by atoms with van der Waals surface area (Å²) in [7, 11) is 0. The summed E-state index contributed by atoms with van der Waals surface area (Å²) in [5, 5.41) is 12.3. The highest BCUT2D eigenvalue weighted by Gasteiger charge is 2.35. The molecule has 19 heavy (non-hydrogen) atoms. The van der Waals surface area contributed by atoms with Crippen LogP contribution in [-0.2, 0) is 0 Å². The quantitative estimate of drug-likeness (QED) is 0.910. The van der Waals surface area contributed by atoms with E-state index in [-0.39, 0.29) is 5.91 Å². The molecular formula is C14H16BrN3O. The first-order chi connectivity index (χ1) is 9.04. The first kappa shape index (κ1) is 14.0. The molecule has 0 aliphatic heterocycles. The Balaban J connectivity index is 2.11. The molecule has 5 heteroatoms. The summed E-state index contributed by atoms with van der Waals surface area (Å²) in [6, 6.07) is 4.00. The van der Waals surface area contributed by atoms with Gasteiger partial charge in [0.1, 0.15) is 5.54 Å². The Bertz CT molecular complexity index is 516. The second-order valence-corrected chi connectivity index (χ2v) is 6.14. The molecule has 0 atom stereocenters. The number of nitriles is 1. The lowest BCUT2D eigenvalue weighted by Gasteiger charge is -2.34. The fourth-order valence-electron chi connectivity index (χ4n) is 2.35. The van der Waals surface area contributed by atoms with E-state index in [4.69, 9.17) is 0 Å². The van der Waals surface area contributed by atoms with Gasteiger partial charge in [0.2, 0.25) is 0 Å². The zero-order valence-electron chi connectivity index (χ0n) is 10.8. The summed E-state index contributed by atoms with van der Waals surface area (Å²) in [6.07, 6.45) is 6.53. The Morgan fingerprint density at radius 1 is 1.53 bits per heavy atom. The number of aromatic nitrogens is 1. The van der Waals surface area contributed by atoms with Gasteiger partial charge >= 0.3 is 0 Å². The number of nitrogens with one attached hydrogen (secondary N) is 1. The minimum Gasteiger partial charge on any atom is -0.334 e. The molecule has 1 fully saturated rings. The van der Waals surface area contributed by atoms with Crippen LogP contribution in [0.1, 0.15) is 43.0 Å². The summed E-state index contributed by atoms with van der Waals surface area (Å²) >= 11 is 3.29. The number of amides is 1. The Morgan fingerprint density at radius 3 is 2.79 bits per heavy atom. The van der Waals surface area contributed by atoms with Gasteiger partial charge in [0.05, 0.1) is 11.6 Å². The first-order valence-corrected chi connectivity index (χ1v) is 7.18. The fourth-order valence-corrected chi connectivity index (χ4v) is 2.71. The predicted molar refractivity (Wildman–Crippen MR) is 75.4 cm³/mol. The largest absolute Gasteiger partial charge is 0.334 e. The molecule has 2 rings (SSSR count). The van der Waals surface area contributed by atoms with E-state index in [1.807, 2.05) is 0 Å². The lowest BCUT2D eigenvalue weighted by atomic mass is 9.78. The van der Waals surface area contributed by atoms with Crippen LogP contribution < -0.4 is 5.32 Å². The van der Waals surface area contributed by atoms with Crippen LogP contribution in [0.5, 0.6) is 0 Å². The first-order valence-electron chi connectivity index (χ1n) is 6.39. The molecule has 100 valence electrons. The van der Waals surface area contributed by atoms with Gasteiger partial charge in [-0.15, -0.1) is 0 Å². The number of carbonyl (C=O) groups is 1. The van der Waals surface area contributed by atoms with Gasteiger partial charge in [-0.25, -0.2) is 0 Å². The molecule has 0 bridgehead atoms. The van der Waals surface area contributed by atoms with Gasteiger partial charge in [-0.05, 0) is 53.6 Å². The van der Waals surface area contributed by atoms with E-state index in [2.05, 4.69) is 39.2 Å². The molecule has 1 aromatic rings. The number of halogens is 1. The van der Waals surface area contributed by atoms with E-state index < -0.39 is 5.54 Å². The van der Waals surface area contributed by atoms with Crippen LogP contribution in [0.3, 0.4) is 0 Å². The molecule has 1 aliphatic carbocycles. The number of hydrogen-bond acceptors (Lipinski definition) is 3. The van der Waals surface area contributed by atoms with E-state index in [1.165, 1.54) is 6.20 Å². The molecule has 1 saturated carbocycles. The summed E-state index contributed by atoms with van der Waals surface area (Å²) in [5.74, 6) is 0.399. The van der Waals surface area contributed by atoms with E-state index in [1.54, 1.807) is 12.3 Å². The van der Waals surface area contributed by atoms with Crippen molar-refractivity contribution >= 4 is 21.8 Å². The molecular weight excluding hydrogens is 306 g/mol. The molecule has 0 radical (unpaired) electrons. The second kappa shape index (κ2) is 5.70. The monoisotopic (exact) mass is 321 g/mol. The molecule has 1 amide bonds. The molecule has 1 aromatic heterocycles. The number of hydrogen-bond donors (Lipinski definition) is 1. The van der Waals surface area contributed by atoms with Crippen LogP contribution in [0.4, 0.5) is 0 Å². The minimum atomic E-state index is -0.716. The molecule has 1 heterocycles. The van der Waals surface area contributed by atoms with Crippen LogP contribution in [0.15, 0.2) is 22.9 Å². The lowest BCUT2D eigenvalue weighted by molar-refractivity contribution is 0.0893. The average Bonchev–Trinajstić information content (AvgIpc) is 2.42. The summed E-state index contributed by atoms with van der Waals surface area (Å²) in [4.78, 5) is 16.2. The third-order valence-corrected chi connectivity index (χ3v) is 4.10. The van der Waals surface area contributed by atoms with E-state index in [0.717, 1.165) is 30.2 Å². The van der Waals surface area contributed by atoms with Crippen molar-refractivity contribution in [1.29, 1.82) is 5.26 Å². The highest BCUT2D eigenvalue weighted by molar-refractivity contribution is 9.10. The zero-order chi connectivity index (χ0) is 13.9. The topological polar surface area (TPSA) is 65.8 Å². The maximum Gasteiger partial charge on any atom is 0.254 e. The fraction of sp³-hybridized carbons (Fsp3) is 0.500. The van der Waals surface area contributed by atoms with Crippen molar-refractivity contribution in [3.63, 3.8) is 0 Å². The second-order valence-electron chi connectivity index (χ2n) is 5.22. The van der Waals surface area contributed by atoms with Crippen LogP contribution in [0.2, 0.25) is 0 Å². The molecule has 0 spiro atoms. The Hall–Kier alpha value is -1.41. The van der Waals surface area contributed by atoms with Crippen LogP contribution in [0, 0.1) is 17.2 Å². The third-order valence-electron chi connectivity index (χ3n) is 3.66. The van der Waals surface area contributed by atoms with Crippen molar-refractivity contribution in [3.8, 4) is 6.07 Å². The van der Waals surface area contributed by atoms with Crippen molar-refractivity contribution < 1.29 is 4.79 Å². The predicted octanol–water partition coefficient (Wildman–Crippen LogP) is 3.05. The summed E-state index contributed by atoms with van der Waals surface area (Å²) in [5.41, 5.74) is -0.242. The van der Waals surface area contributed by atoms with Gasteiger partial charge < -0.3 is 5.32 Å². The highest BCUT2D eigenvalue weighted by atomic mass is 79.9. The van der Waals surface area contributed by atoms with Crippen molar-refractivity contribution in [1.82, 2.24) is 10.3 Å². The van der Waals surface area contributed by atoms with Gasteiger partial charge in [0.15, 0.2) is 0 Å².